The number of anilines is 1. The third kappa shape index (κ3) is 2.70. The molecule has 1 aromatic rings. The number of hydrogen-bond acceptors (Lipinski definition) is 3. The molecule has 0 bridgehead atoms. The second-order valence-corrected chi connectivity index (χ2v) is 2.32. The van der Waals surface area contributed by atoms with E-state index in [0.717, 1.165) is 17.2 Å². The maximum atomic E-state index is 5.11. The van der Waals surface area contributed by atoms with Crippen LogP contribution in [0.15, 0.2) is 18.2 Å². The van der Waals surface area contributed by atoms with Gasteiger partial charge in [-0.25, -0.2) is 0 Å². The van der Waals surface area contributed by atoms with E-state index in [1.54, 1.807) is 14.2 Å². The summed E-state index contributed by atoms with van der Waals surface area (Å²) in [7, 11) is 5.11. The minimum absolute atomic E-state index is 0. The van der Waals surface area contributed by atoms with Crippen molar-refractivity contribution in [3.05, 3.63) is 18.2 Å². The maximum Gasteiger partial charge on any atom is 0.162 e. The lowest BCUT2D eigenvalue weighted by atomic mass is 10.3. The van der Waals surface area contributed by atoms with Crippen molar-refractivity contribution in [3.63, 3.8) is 0 Å². The molecule has 3 nitrogen and oxygen atoms in total. The smallest absolute Gasteiger partial charge is 0.162 e. The maximum absolute atomic E-state index is 5.11. The quantitative estimate of drug-likeness (QED) is 0.817. The molecular formula is C9H14ClNO2. The Hall–Kier alpha value is -1.09. The van der Waals surface area contributed by atoms with Crippen LogP contribution < -0.4 is 14.8 Å². The Morgan fingerprint density at radius 3 is 2.15 bits per heavy atom. The highest BCUT2D eigenvalue weighted by atomic mass is 35.5. The van der Waals surface area contributed by atoms with Crippen LogP contribution in [0.5, 0.6) is 11.5 Å². The van der Waals surface area contributed by atoms with Gasteiger partial charge in [-0.15, -0.1) is 12.4 Å². The lowest BCUT2D eigenvalue weighted by Gasteiger charge is -2.08. The van der Waals surface area contributed by atoms with Gasteiger partial charge in [0, 0.05) is 18.8 Å². The van der Waals surface area contributed by atoms with E-state index in [4.69, 9.17) is 9.47 Å². The second-order valence-electron chi connectivity index (χ2n) is 2.32. The summed E-state index contributed by atoms with van der Waals surface area (Å²) in [5.41, 5.74) is 1.01. The first kappa shape index (κ1) is 11.9. The molecule has 0 fully saturated rings. The van der Waals surface area contributed by atoms with Gasteiger partial charge < -0.3 is 14.8 Å². The highest BCUT2D eigenvalue weighted by Gasteiger charge is 2.02. The van der Waals surface area contributed by atoms with Crippen LogP contribution in [-0.4, -0.2) is 21.3 Å². The Morgan fingerprint density at radius 1 is 1.08 bits per heavy atom. The van der Waals surface area contributed by atoms with Crippen LogP contribution in [-0.2, 0) is 0 Å². The van der Waals surface area contributed by atoms with Crippen LogP contribution in [0.4, 0.5) is 5.69 Å². The molecule has 0 aliphatic heterocycles. The molecule has 0 aromatic heterocycles. The zero-order valence-corrected chi connectivity index (χ0v) is 8.77. The molecule has 74 valence electrons. The van der Waals surface area contributed by atoms with E-state index in [2.05, 4.69) is 5.32 Å². The van der Waals surface area contributed by atoms with Crippen LogP contribution in [0.25, 0.3) is 0 Å². The van der Waals surface area contributed by atoms with E-state index in [1.165, 1.54) is 0 Å². The number of benzene rings is 1. The Labute approximate surface area is 84.5 Å². The Balaban J connectivity index is 0.00000144. The van der Waals surface area contributed by atoms with Gasteiger partial charge >= 0.3 is 0 Å². The molecule has 1 rings (SSSR count). The van der Waals surface area contributed by atoms with Crippen LogP contribution in [0.3, 0.4) is 0 Å². The Bertz CT molecular complexity index is 266. The van der Waals surface area contributed by atoms with E-state index in [-0.39, 0.29) is 12.4 Å². The molecule has 0 amide bonds. The fourth-order valence-electron chi connectivity index (χ4n) is 0.992. The number of hydrogen-bond donors (Lipinski definition) is 1. The van der Waals surface area contributed by atoms with E-state index in [0.29, 0.717) is 0 Å². The fourth-order valence-corrected chi connectivity index (χ4v) is 0.992. The highest BCUT2D eigenvalue weighted by Crippen LogP contribution is 2.29. The molecule has 0 unspecified atom stereocenters. The van der Waals surface area contributed by atoms with Gasteiger partial charge in [0.2, 0.25) is 0 Å². The first-order valence-electron chi connectivity index (χ1n) is 3.71. The number of methoxy groups -OCH3 is 2. The lowest BCUT2D eigenvalue weighted by Crippen LogP contribution is -1.93. The van der Waals surface area contributed by atoms with Gasteiger partial charge in [0.1, 0.15) is 0 Å². The molecule has 0 saturated carbocycles. The Morgan fingerprint density at radius 2 is 1.69 bits per heavy atom. The third-order valence-corrected chi connectivity index (χ3v) is 1.67. The molecule has 1 aromatic carbocycles. The van der Waals surface area contributed by atoms with Gasteiger partial charge in [-0.05, 0) is 12.1 Å². The second kappa shape index (κ2) is 5.54. The molecule has 0 atom stereocenters. The zero-order chi connectivity index (χ0) is 8.97. The van der Waals surface area contributed by atoms with Crippen LogP contribution in [0.1, 0.15) is 0 Å². The SMILES string of the molecule is CNc1ccc(OC)c(OC)c1.Cl. The minimum Gasteiger partial charge on any atom is -0.493 e. The molecule has 0 aliphatic carbocycles. The summed E-state index contributed by atoms with van der Waals surface area (Å²) < 4.78 is 10.2. The summed E-state index contributed by atoms with van der Waals surface area (Å²) in [6.07, 6.45) is 0. The lowest BCUT2D eigenvalue weighted by molar-refractivity contribution is 0.355. The molecule has 0 heterocycles. The standard InChI is InChI=1S/C9H13NO2.ClH/c1-10-7-4-5-8(11-2)9(6-7)12-3;/h4-6,10H,1-3H3;1H. The number of rotatable bonds is 3. The minimum atomic E-state index is 0. The first-order chi connectivity index (χ1) is 5.81. The summed E-state index contributed by atoms with van der Waals surface area (Å²) in [6.45, 7) is 0. The predicted octanol–water partition coefficient (Wildman–Crippen LogP) is 2.17. The first-order valence-corrected chi connectivity index (χ1v) is 3.71. The topological polar surface area (TPSA) is 30.5 Å². The monoisotopic (exact) mass is 203 g/mol. The third-order valence-electron chi connectivity index (χ3n) is 1.67. The van der Waals surface area contributed by atoms with Crippen molar-refractivity contribution in [1.82, 2.24) is 0 Å². The van der Waals surface area contributed by atoms with E-state index < -0.39 is 0 Å². The van der Waals surface area contributed by atoms with Gasteiger partial charge in [0.05, 0.1) is 14.2 Å². The molecular weight excluding hydrogens is 190 g/mol. The van der Waals surface area contributed by atoms with Crippen molar-refractivity contribution in [2.75, 3.05) is 26.6 Å². The summed E-state index contributed by atoms with van der Waals surface area (Å²) in [5, 5.41) is 3.02. The van der Waals surface area contributed by atoms with Crippen molar-refractivity contribution in [3.8, 4) is 11.5 Å². The van der Waals surface area contributed by atoms with E-state index >= 15 is 0 Å². The average Bonchev–Trinajstić information content (AvgIpc) is 2.16. The molecule has 4 heteroatoms. The van der Waals surface area contributed by atoms with Crippen LogP contribution >= 0.6 is 12.4 Å². The van der Waals surface area contributed by atoms with Crippen molar-refractivity contribution >= 4 is 18.1 Å². The van der Waals surface area contributed by atoms with Gasteiger partial charge in [-0.1, -0.05) is 0 Å². The van der Waals surface area contributed by atoms with Crippen molar-refractivity contribution in [2.45, 2.75) is 0 Å². The zero-order valence-electron chi connectivity index (χ0n) is 7.96. The molecule has 1 N–H and O–H groups in total. The molecule has 0 aliphatic rings. The van der Waals surface area contributed by atoms with Gasteiger partial charge in [0.25, 0.3) is 0 Å². The van der Waals surface area contributed by atoms with Crippen LogP contribution in [0, 0.1) is 0 Å². The van der Waals surface area contributed by atoms with Gasteiger partial charge in [-0.3, -0.25) is 0 Å². The number of nitrogens with one attached hydrogen (secondary N) is 1. The number of ether oxygens (including phenoxy) is 2. The molecule has 0 spiro atoms. The molecule has 13 heavy (non-hydrogen) atoms. The fraction of sp³-hybridized carbons (Fsp3) is 0.333. The summed E-state index contributed by atoms with van der Waals surface area (Å²) in [6, 6.07) is 5.69. The largest absolute Gasteiger partial charge is 0.493 e. The summed E-state index contributed by atoms with van der Waals surface area (Å²) in [4.78, 5) is 0. The van der Waals surface area contributed by atoms with Crippen molar-refractivity contribution in [1.29, 1.82) is 0 Å². The molecule has 0 saturated heterocycles. The Kier molecular flexibility index (Phi) is 5.07. The normalized spacial score (nSPS) is 8.54. The average molecular weight is 204 g/mol. The summed E-state index contributed by atoms with van der Waals surface area (Å²) >= 11 is 0. The van der Waals surface area contributed by atoms with Crippen LogP contribution in [0.2, 0.25) is 0 Å². The number of halogens is 1. The van der Waals surface area contributed by atoms with E-state index in [1.807, 2.05) is 25.2 Å². The van der Waals surface area contributed by atoms with Crippen molar-refractivity contribution < 1.29 is 9.47 Å². The molecule has 0 radical (unpaired) electrons. The highest BCUT2D eigenvalue weighted by molar-refractivity contribution is 5.85. The summed E-state index contributed by atoms with van der Waals surface area (Å²) in [5.74, 6) is 1.49. The van der Waals surface area contributed by atoms with Crippen molar-refractivity contribution in [2.24, 2.45) is 0 Å². The van der Waals surface area contributed by atoms with Gasteiger partial charge in [-0.2, -0.15) is 0 Å². The van der Waals surface area contributed by atoms with E-state index in [9.17, 15) is 0 Å². The van der Waals surface area contributed by atoms with Gasteiger partial charge in [0.15, 0.2) is 11.5 Å². The predicted molar refractivity (Wildman–Crippen MR) is 56.3 cm³/mol.